The number of hydrogen-bond donors (Lipinski definition) is 2. The number of fused-ring (bicyclic) bond motifs is 1. The van der Waals surface area contributed by atoms with Gasteiger partial charge in [0.15, 0.2) is 5.96 Å². The molecule has 0 spiro atoms. The van der Waals surface area contributed by atoms with Gasteiger partial charge in [-0.3, -0.25) is 4.68 Å². The zero-order valence-corrected chi connectivity index (χ0v) is 16.5. The van der Waals surface area contributed by atoms with E-state index in [1.54, 1.807) is 6.20 Å². The topological polar surface area (TPSA) is 67.4 Å². The molecule has 0 aliphatic rings. The van der Waals surface area contributed by atoms with Crippen LogP contribution in [0.5, 0.6) is 0 Å². The summed E-state index contributed by atoms with van der Waals surface area (Å²) in [7, 11) is 0. The molecular weight excluding hydrogens is 362 g/mol. The SMILES string of the molecule is CCNC(=NCc1ccccc1Cn1cccn1)NCc1cc2ccccc2o1. The van der Waals surface area contributed by atoms with Crippen molar-refractivity contribution < 1.29 is 4.42 Å². The second-order valence-corrected chi connectivity index (χ2v) is 6.77. The van der Waals surface area contributed by atoms with Gasteiger partial charge in [0.05, 0.1) is 19.6 Å². The summed E-state index contributed by atoms with van der Waals surface area (Å²) in [4.78, 5) is 4.77. The molecule has 2 heterocycles. The van der Waals surface area contributed by atoms with Crippen LogP contribution < -0.4 is 10.6 Å². The Kier molecular flexibility index (Phi) is 5.90. The Bertz CT molecular complexity index is 1050. The lowest BCUT2D eigenvalue weighted by Crippen LogP contribution is -2.36. The fraction of sp³-hybridized carbons (Fsp3) is 0.217. The van der Waals surface area contributed by atoms with E-state index < -0.39 is 0 Å². The first-order chi connectivity index (χ1) is 14.3. The van der Waals surface area contributed by atoms with Gasteiger partial charge < -0.3 is 15.1 Å². The van der Waals surface area contributed by atoms with Crippen molar-refractivity contribution in [2.24, 2.45) is 4.99 Å². The molecule has 0 bridgehead atoms. The average Bonchev–Trinajstić information content (AvgIpc) is 3.40. The first-order valence-electron chi connectivity index (χ1n) is 9.85. The third-order valence-corrected chi connectivity index (χ3v) is 4.67. The Hall–Kier alpha value is -3.54. The van der Waals surface area contributed by atoms with Gasteiger partial charge in [-0.2, -0.15) is 5.10 Å². The molecule has 0 unspecified atom stereocenters. The fourth-order valence-electron chi connectivity index (χ4n) is 3.24. The molecule has 2 aromatic heterocycles. The van der Waals surface area contributed by atoms with E-state index in [2.05, 4.69) is 53.0 Å². The number of aromatic nitrogens is 2. The highest BCUT2D eigenvalue weighted by molar-refractivity contribution is 5.80. The fourth-order valence-corrected chi connectivity index (χ4v) is 3.24. The largest absolute Gasteiger partial charge is 0.459 e. The number of aliphatic imine (C=N–C) groups is 1. The summed E-state index contributed by atoms with van der Waals surface area (Å²) in [5.41, 5.74) is 3.30. The Balaban J connectivity index is 1.44. The number of nitrogens with zero attached hydrogens (tertiary/aromatic N) is 3. The van der Waals surface area contributed by atoms with Gasteiger partial charge in [0, 0.05) is 24.3 Å². The highest BCUT2D eigenvalue weighted by Gasteiger charge is 2.06. The van der Waals surface area contributed by atoms with Gasteiger partial charge in [0.2, 0.25) is 0 Å². The molecule has 0 saturated carbocycles. The minimum atomic E-state index is 0.579. The van der Waals surface area contributed by atoms with Gasteiger partial charge in [-0.1, -0.05) is 42.5 Å². The van der Waals surface area contributed by atoms with E-state index in [0.717, 1.165) is 35.8 Å². The summed E-state index contributed by atoms with van der Waals surface area (Å²) in [5, 5.41) is 12.1. The van der Waals surface area contributed by atoms with E-state index in [9.17, 15) is 0 Å². The van der Waals surface area contributed by atoms with Gasteiger partial charge in [0.1, 0.15) is 11.3 Å². The predicted octanol–water partition coefficient (Wildman–Crippen LogP) is 3.93. The number of benzene rings is 2. The summed E-state index contributed by atoms with van der Waals surface area (Å²) in [6, 6.07) is 20.4. The number of rotatable bonds is 7. The third kappa shape index (κ3) is 4.85. The maximum atomic E-state index is 5.88. The smallest absolute Gasteiger partial charge is 0.191 e. The highest BCUT2D eigenvalue weighted by Crippen LogP contribution is 2.18. The monoisotopic (exact) mass is 387 g/mol. The van der Waals surface area contributed by atoms with Gasteiger partial charge in [0.25, 0.3) is 0 Å². The Morgan fingerprint density at radius 2 is 1.86 bits per heavy atom. The lowest BCUT2D eigenvalue weighted by atomic mass is 10.1. The second kappa shape index (κ2) is 9.10. The van der Waals surface area contributed by atoms with E-state index in [1.165, 1.54) is 11.1 Å². The minimum Gasteiger partial charge on any atom is -0.459 e. The van der Waals surface area contributed by atoms with E-state index >= 15 is 0 Å². The molecule has 4 rings (SSSR count). The van der Waals surface area contributed by atoms with Crippen LogP contribution in [0.1, 0.15) is 23.8 Å². The summed E-state index contributed by atoms with van der Waals surface area (Å²) in [5.74, 6) is 1.65. The normalized spacial score (nSPS) is 11.7. The van der Waals surface area contributed by atoms with Crippen molar-refractivity contribution in [2.45, 2.75) is 26.6 Å². The Morgan fingerprint density at radius 1 is 1.03 bits per heavy atom. The van der Waals surface area contributed by atoms with E-state index in [-0.39, 0.29) is 0 Å². The summed E-state index contributed by atoms with van der Waals surface area (Å²) < 4.78 is 7.81. The molecule has 2 aromatic carbocycles. The average molecular weight is 387 g/mol. The quantitative estimate of drug-likeness (QED) is 0.372. The molecular formula is C23H25N5O. The van der Waals surface area contributed by atoms with Crippen molar-refractivity contribution in [3.05, 3.63) is 89.9 Å². The summed E-state index contributed by atoms with van der Waals surface area (Å²) in [6.45, 7) is 4.76. The molecule has 0 radical (unpaired) electrons. The molecule has 6 nitrogen and oxygen atoms in total. The summed E-state index contributed by atoms with van der Waals surface area (Å²) in [6.07, 6.45) is 3.77. The lowest BCUT2D eigenvalue weighted by molar-refractivity contribution is 0.538. The zero-order chi connectivity index (χ0) is 19.9. The highest BCUT2D eigenvalue weighted by atomic mass is 16.3. The van der Waals surface area contributed by atoms with Crippen LogP contribution >= 0.6 is 0 Å². The number of guanidine groups is 1. The molecule has 148 valence electrons. The van der Waals surface area contributed by atoms with Gasteiger partial charge in [-0.05, 0) is 36.2 Å². The van der Waals surface area contributed by atoms with Crippen molar-refractivity contribution in [3.63, 3.8) is 0 Å². The van der Waals surface area contributed by atoms with Crippen LogP contribution in [-0.4, -0.2) is 22.3 Å². The van der Waals surface area contributed by atoms with Crippen molar-refractivity contribution in [2.75, 3.05) is 6.54 Å². The van der Waals surface area contributed by atoms with Crippen LogP contribution in [0, 0.1) is 0 Å². The maximum absolute atomic E-state index is 5.88. The van der Waals surface area contributed by atoms with Crippen LogP contribution in [0.3, 0.4) is 0 Å². The number of para-hydroxylation sites is 1. The molecule has 0 aliphatic heterocycles. The van der Waals surface area contributed by atoms with Crippen molar-refractivity contribution in [1.29, 1.82) is 0 Å². The Morgan fingerprint density at radius 3 is 2.66 bits per heavy atom. The lowest BCUT2D eigenvalue weighted by Gasteiger charge is -2.12. The van der Waals surface area contributed by atoms with Crippen molar-refractivity contribution >= 4 is 16.9 Å². The second-order valence-electron chi connectivity index (χ2n) is 6.77. The number of hydrogen-bond acceptors (Lipinski definition) is 3. The molecule has 6 heteroatoms. The predicted molar refractivity (Wildman–Crippen MR) is 116 cm³/mol. The third-order valence-electron chi connectivity index (χ3n) is 4.67. The van der Waals surface area contributed by atoms with Gasteiger partial charge in [-0.15, -0.1) is 0 Å². The standard InChI is InChI=1S/C23H25N5O/c1-2-24-23(26-16-21-14-18-8-5-6-11-22(18)29-21)25-15-19-9-3-4-10-20(19)17-28-13-7-12-27-28/h3-14H,2,15-17H2,1H3,(H2,24,25,26). The van der Waals surface area contributed by atoms with Crippen LogP contribution in [-0.2, 0) is 19.6 Å². The first-order valence-corrected chi connectivity index (χ1v) is 9.85. The van der Waals surface area contributed by atoms with Gasteiger partial charge >= 0.3 is 0 Å². The Labute approximate surface area is 170 Å². The molecule has 0 aliphatic carbocycles. The molecule has 29 heavy (non-hydrogen) atoms. The van der Waals surface area contributed by atoms with E-state index in [1.807, 2.05) is 41.2 Å². The number of nitrogens with one attached hydrogen (secondary N) is 2. The minimum absolute atomic E-state index is 0.579. The molecule has 4 aromatic rings. The molecule has 0 fully saturated rings. The molecule has 0 saturated heterocycles. The number of furan rings is 1. The summed E-state index contributed by atoms with van der Waals surface area (Å²) >= 11 is 0. The van der Waals surface area contributed by atoms with Crippen LogP contribution in [0.15, 0.2) is 82.5 Å². The van der Waals surface area contributed by atoms with E-state index in [0.29, 0.717) is 13.1 Å². The molecule has 0 amide bonds. The zero-order valence-electron chi connectivity index (χ0n) is 16.5. The molecule has 0 atom stereocenters. The van der Waals surface area contributed by atoms with Crippen molar-refractivity contribution in [1.82, 2.24) is 20.4 Å². The van der Waals surface area contributed by atoms with E-state index in [4.69, 9.17) is 9.41 Å². The van der Waals surface area contributed by atoms with Crippen LogP contribution in [0.4, 0.5) is 0 Å². The van der Waals surface area contributed by atoms with Gasteiger partial charge in [-0.25, -0.2) is 4.99 Å². The maximum Gasteiger partial charge on any atom is 0.191 e. The first kappa shape index (κ1) is 18.8. The molecule has 2 N–H and O–H groups in total. The van der Waals surface area contributed by atoms with Crippen molar-refractivity contribution in [3.8, 4) is 0 Å². The van der Waals surface area contributed by atoms with Crippen LogP contribution in [0.25, 0.3) is 11.0 Å². The van der Waals surface area contributed by atoms with Crippen LogP contribution in [0.2, 0.25) is 0 Å².